The van der Waals surface area contributed by atoms with E-state index in [1.54, 1.807) is 12.3 Å². The van der Waals surface area contributed by atoms with Gasteiger partial charge in [-0.2, -0.15) is 0 Å². The molecule has 3 aromatic carbocycles. The van der Waals surface area contributed by atoms with E-state index in [9.17, 15) is 5.11 Å². The minimum atomic E-state index is 0. The van der Waals surface area contributed by atoms with Gasteiger partial charge in [0.2, 0.25) is 0 Å². The van der Waals surface area contributed by atoms with Gasteiger partial charge in [0.25, 0.3) is 0 Å². The van der Waals surface area contributed by atoms with Crippen molar-refractivity contribution in [2.75, 3.05) is 0 Å². The summed E-state index contributed by atoms with van der Waals surface area (Å²) in [5.74, 6) is 1.58. The number of aromatic hydroxyl groups is 1. The Balaban J connectivity index is 0.000000211. The van der Waals surface area contributed by atoms with Gasteiger partial charge in [0, 0.05) is 44.7 Å². The molecule has 2 aromatic heterocycles. The van der Waals surface area contributed by atoms with Crippen LogP contribution in [0.5, 0.6) is 5.75 Å². The molecule has 0 fully saturated rings. The Hall–Kier alpha value is -3.27. The van der Waals surface area contributed by atoms with Gasteiger partial charge in [-0.15, -0.1) is 34.9 Å². The second-order valence-corrected chi connectivity index (χ2v) is 9.78. The van der Waals surface area contributed by atoms with Crippen LogP contribution in [0.3, 0.4) is 0 Å². The number of fused-ring (bicyclic) bond motifs is 1. The molecule has 4 nitrogen and oxygen atoms in total. The third kappa shape index (κ3) is 6.36. The van der Waals surface area contributed by atoms with Crippen molar-refractivity contribution in [3.05, 3.63) is 102 Å². The van der Waals surface area contributed by atoms with E-state index < -0.39 is 0 Å². The average molecular weight is 669 g/mol. The Labute approximate surface area is 233 Å². The van der Waals surface area contributed by atoms with Crippen LogP contribution in [0.1, 0.15) is 56.3 Å². The van der Waals surface area contributed by atoms with Crippen LogP contribution < -0.4 is 0 Å². The van der Waals surface area contributed by atoms with Crippen LogP contribution in [-0.2, 0) is 20.1 Å². The molecule has 0 unspecified atom stereocenters. The number of hydrogen-bond acceptors (Lipinski definition) is 3. The molecule has 0 spiro atoms. The molecule has 193 valence electrons. The maximum absolute atomic E-state index is 9.74. The van der Waals surface area contributed by atoms with Crippen molar-refractivity contribution in [1.29, 1.82) is 0 Å². The molecule has 2 heterocycles. The van der Waals surface area contributed by atoms with Gasteiger partial charge in [-0.3, -0.25) is 0 Å². The van der Waals surface area contributed by atoms with Crippen LogP contribution in [0.25, 0.3) is 33.4 Å². The number of phenols is 1. The summed E-state index contributed by atoms with van der Waals surface area (Å²) in [6, 6.07) is 24.0. The number of pyridine rings is 1. The molecule has 5 aromatic rings. The molecule has 5 heteroatoms. The van der Waals surface area contributed by atoms with Crippen LogP contribution >= 0.6 is 0 Å². The Kier molecular flexibility index (Phi) is 9.42. The molecule has 1 radical (unpaired) electrons. The van der Waals surface area contributed by atoms with Crippen LogP contribution in [0.4, 0.5) is 0 Å². The summed E-state index contributed by atoms with van der Waals surface area (Å²) in [5, 5.41) is 12.2. The maximum atomic E-state index is 9.74. The maximum Gasteiger partial charge on any atom is 0.143 e. The van der Waals surface area contributed by atoms with Crippen molar-refractivity contribution >= 4 is 10.8 Å². The van der Waals surface area contributed by atoms with Gasteiger partial charge >= 0.3 is 0 Å². The number of aryl methyl sites for hydroxylation is 2. The third-order valence-corrected chi connectivity index (χ3v) is 6.23. The van der Waals surface area contributed by atoms with Gasteiger partial charge in [0.1, 0.15) is 11.6 Å². The van der Waals surface area contributed by atoms with Gasteiger partial charge < -0.3 is 14.7 Å². The minimum absolute atomic E-state index is 0. The molecular weight excluding hydrogens is 635 g/mol. The zero-order chi connectivity index (χ0) is 25.8. The van der Waals surface area contributed by atoms with E-state index in [1.165, 1.54) is 21.9 Å². The Bertz CT molecular complexity index is 1470. The summed E-state index contributed by atoms with van der Waals surface area (Å²) >= 11 is 0. The monoisotopic (exact) mass is 669 g/mol. The fourth-order valence-corrected chi connectivity index (χ4v) is 4.57. The first-order chi connectivity index (χ1) is 17.3. The molecule has 5 rings (SSSR count). The number of imidazole rings is 1. The summed E-state index contributed by atoms with van der Waals surface area (Å²) in [6.07, 6.45) is 5.59. The molecule has 0 bridgehead atoms. The van der Waals surface area contributed by atoms with Crippen molar-refractivity contribution in [3.8, 4) is 28.4 Å². The van der Waals surface area contributed by atoms with Gasteiger partial charge in [0.05, 0.1) is 5.56 Å². The quantitative estimate of drug-likeness (QED) is 0.196. The van der Waals surface area contributed by atoms with Crippen LogP contribution in [0.15, 0.2) is 79.3 Å². The molecule has 1 N–H and O–H groups in total. The number of benzene rings is 3. The Morgan fingerprint density at radius 1 is 0.838 bits per heavy atom. The minimum Gasteiger partial charge on any atom is -0.507 e. The first-order valence-electron chi connectivity index (χ1n) is 12.5. The van der Waals surface area contributed by atoms with Crippen LogP contribution in [0.2, 0.25) is 0 Å². The average Bonchev–Trinajstić information content (AvgIpc) is 3.33. The van der Waals surface area contributed by atoms with Gasteiger partial charge in [-0.05, 0) is 60.0 Å². The molecule has 0 aliphatic carbocycles. The van der Waals surface area contributed by atoms with Gasteiger partial charge in [-0.1, -0.05) is 58.0 Å². The number of para-hydroxylation sites is 1. The SMILES string of the molecule is CC(C)n1ccnc1-c1ccccc1O.Cc1[c-]c(-c2nccc3c(C(C)C)cccc23)cc(C)c1.[Ir]. The van der Waals surface area contributed by atoms with Crippen molar-refractivity contribution in [2.24, 2.45) is 0 Å². The van der Waals surface area contributed by atoms with Gasteiger partial charge in [-0.25, -0.2) is 4.98 Å². The molecular formula is C32H34IrN3O-. The number of rotatable bonds is 4. The summed E-state index contributed by atoms with van der Waals surface area (Å²) in [5.41, 5.74) is 6.67. The molecule has 0 aliphatic heterocycles. The summed E-state index contributed by atoms with van der Waals surface area (Å²) in [7, 11) is 0. The van der Waals surface area contributed by atoms with Crippen molar-refractivity contribution in [1.82, 2.24) is 14.5 Å². The van der Waals surface area contributed by atoms with Crippen molar-refractivity contribution in [3.63, 3.8) is 0 Å². The molecule has 0 aliphatic rings. The topological polar surface area (TPSA) is 50.9 Å². The molecule has 0 saturated heterocycles. The van der Waals surface area contributed by atoms with E-state index in [0.29, 0.717) is 12.0 Å². The number of nitrogens with zero attached hydrogens (tertiary/aromatic N) is 3. The summed E-state index contributed by atoms with van der Waals surface area (Å²) in [6.45, 7) is 12.8. The Morgan fingerprint density at radius 3 is 2.27 bits per heavy atom. The second kappa shape index (κ2) is 12.3. The number of phenolic OH excluding ortho intramolecular Hbond substituents is 1. The third-order valence-electron chi connectivity index (χ3n) is 6.23. The predicted molar refractivity (Wildman–Crippen MR) is 149 cm³/mol. The van der Waals surface area contributed by atoms with E-state index in [2.05, 4.69) is 94.0 Å². The van der Waals surface area contributed by atoms with E-state index in [4.69, 9.17) is 0 Å². The van der Waals surface area contributed by atoms with E-state index in [1.807, 2.05) is 35.2 Å². The molecule has 0 atom stereocenters. The van der Waals surface area contributed by atoms with Gasteiger partial charge in [0.15, 0.2) is 0 Å². The number of hydrogen-bond donors (Lipinski definition) is 1. The van der Waals surface area contributed by atoms with Crippen LogP contribution in [-0.4, -0.2) is 19.6 Å². The van der Waals surface area contributed by atoms with Crippen molar-refractivity contribution < 1.29 is 25.2 Å². The standard InChI is InChI=1S/C20H20N.C12H14N2O.Ir/c1-13(2)17-6-5-7-19-18(17)8-9-21-20(19)16-11-14(3)10-15(4)12-16;1-9(2)14-8-7-13-12(14)10-5-3-4-6-11(10)15;/h5-11,13H,1-4H3;3-9,15H,1-2H3;/q-1;;. The largest absolute Gasteiger partial charge is 0.507 e. The fourth-order valence-electron chi connectivity index (χ4n) is 4.57. The molecule has 0 amide bonds. The van der Waals surface area contributed by atoms with Crippen molar-refractivity contribution in [2.45, 2.75) is 53.5 Å². The first-order valence-corrected chi connectivity index (χ1v) is 12.5. The summed E-state index contributed by atoms with van der Waals surface area (Å²) < 4.78 is 2.04. The predicted octanol–water partition coefficient (Wildman–Crippen LogP) is 8.28. The second-order valence-electron chi connectivity index (χ2n) is 9.78. The zero-order valence-electron chi connectivity index (χ0n) is 22.3. The first kappa shape index (κ1) is 28.3. The smallest absolute Gasteiger partial charge is 0.143 e. The van der Waals surface area contributed by atoms with E-state index >= 15 is 0 Å². The summed E-state index contributed by atoms with van der Waals surface area (Å²) in [4.78, 5) is 8.90. The van der Waals surface area contributed by atoms with E-state index in [-0.39, 0.29) is 25.9 Å². The van der Waals surface area contributed by atoms with Crippen LogP contribution in [0, 0.1) is 19.9 Å². The Morgan fingerprint density at radius 2 is 1.59 bits per heavy atom. The number of aromatic nitrogens is 3. The zero-order valence-corrected chi connectivity index (χ0v) is 24.7. The van der Waals surface area contributed by atoms with E-state index in [0.717, 1.165) is 28.2 Å². The fraction of sp³-hybridized carbons (Fsp3) is 0.250. The molecule has 37 heavy (non-hydrogen) atoms. The molecule has 0 saturated carbocycles. The normalized spacial score (nSPS) is 10.8.